The van der Waals surface area contributed by atoms with Gasteiger partial charge in [0.2, 0.25) is 15.3 Å². The van der Waals surface area contributed by atoms with Crippen LogP contribution in [0, 0.1) is 0 Å². The van der Waals surface area contributed by atoms with Gasteiger partial charge in [-0.1, -0.05) is 36.4 Å². The van der Waals surface area contributed by atoms with E-state index >= 15 is 0 Å². The van der Waals surface area contributed by atoms with Gasteiger partial charge in [-0.05, 0) is 59.4 Å². The van der Waals surface area contributed by atoms with E-state index in [4.69, 9.17) is 22.1 Å². The van der Waals surface area contributed by atoms with Crippen LogP contribution in [-0.2, 0) is 34.3 Å². The lowest BCUT2D eigenvalue weighted by Crippen LogP contribution is -2.26. The molecule has 0 radical (unpaired) electrons. The lowest BCUT2D eigenvalue weighted by molar-refractivity contribution is 0.143. The van der Waals surface area contributed by atoms with Gasteiger partial charge in [0, 0.05) is 19.6 Å². The van der Waals surface area contributed by atoms with Gasteiger partial charge in [-0.15, -0.1) is 9.24 Å². The first-order valence-electron chi connectivity index (χ1n) is 12.2. The molecule has 206 valence electrons. The molecule has 11 nitrogen and oxygen atoms in total. The van der Waals surface area contributed by atoms with E-state index in [0.29, 0.717) is 43.5 Å². The lowest BCUT2D eigenvalue weighted by Gasteiger charge is -2.09. The average molecular weight is 590 g/mol. The summed E-state index contributed by atoms with van der Waals surface area (Å²) in [5.74, 6) is 0.227. The summed E-state index contributed by atoms with van der Waals surface area (Å²) >= 11 is 5.88. The summed E-state index contributed by atoms with van der Waals surface area (Å²) < 4.78 is 34.8. The Bertz CT molecular complexity index is 1530. The fourth-order valence-corrected chi connectivity index (χ4v) is 5.16. The van der Waals surface area contributed by atoms with Crippen molar-refractivity contribution in [3.63, 3.8) is 0 Å². The van der Waals surface area contributed by atoms with E-state index in [9.17, 15) is 13.2 Å². The number of rotatable bonds is 12. The van der Waals surface area contributed by atoms with Crippen molar-refractivity contribution in [2.24, 2.45) is 0 Å². The zero-order chi connectivity index (χ0) is 27.8. The summed E-state index contributed by atoms with van der Waals surface area (Å²) in [4.78, 5) is 24.5. The number of sulfonamides is 1. The van der Waals surface area contributed by atoms with Crippen LogP contribution in [0.3, 0.4) is 0 Å². The van der Waals surface area contributed by atoms with Crippen LogP contribution >= 0.6 is 20.8 Å². The van der Waals surface area contributed by atoms with Crippen molar-refractivity contribution < 1.29 is 17.9 Å². The topological polar surface area (TPSA) is 154 Å². The minimum Gasteiger partial charge on any atom is -0.450 e. The largest absolute Gasteiger partial charge is 0.450 e. The van der Waals surface area contributed by atoms with Gasteiger partial charge in [0.15, 0.2) is 11.5 Å². The smallest absolute Gasteiger partial charge is 0.407 e. The summed E-state index contributed by atoms with van der Waals surface area (Å²) in [5.41, 5.74) is 8.66. The molecule has 1 unspecified atom stereocenters. The minimum absolute atomic E-state index is 0.0583. The molecular weight excluding hydrogens is 561 g/mol. The number of hydrogen-bond acceptors (Lipinski definition) is 8. The number of halogens is 1. The molecule has 0 aliphatic rings. The van der Waals surface area contributed by atoms with E-state index in [-0.39, 0.29) is 29.1 Å². The Morgan fingerprint density at radius 2 is 1.77 bits per heavy atom. The summed E-state index contributed by atoms with van der Waals surface area (Å²) in [6, 6.07) is 14.2. The Hall–Kier alpha value is -3.31. The molecule has 0 spiro atoms. The fourth-order valence-electron chi connectivity index (χ4n) is 3.76. The Morgan fingerprint density at radius 1 is 1.05 bits per heavy atom. The van der Waals surface area contributed by atoms with E-state index in [1.807, 2.05) is 28.8 Å². The van der Waals surface area contributed by atoms with Gasteiger partial charge < -0.3 is 20.4 Å². The van der Waals surface area contributed by atoms with Gasteiger partial charge in [0.1, 0.15) is 5.52 Å². The monoisotopic (exact) mass is 589 g/mol. The molecule has 4 aromatic rings. The number of aryl methyl sites for hydroxylation is 1. The number of hydrogen-bond donors (Lipinski definition) is 3. The standard InChI is InChI=1S/C25H29ClN7O4PS/c26-24-31-22(27)21-23(32-24)33(16-29-21)13-1-2-14-37-25(34)28-15-18-5-9-20(10-6-18)39(35,36)30-12-11-17-3-7-19(38)8-4-17/h3-10,16,30H,1-2,11-15,38H2,(H,28,34)(H2,27,31,32). The van der Waals surface area contributed by atoms with Crippen molar-refractivity contribution in [1.82, 2.24) is 29.6 Å². The molecule has 2 aromatic carbocycles. The maximum atomic E-state index is 12.6. The van der Waals surface area contributed by atoms with E-state index in [1.165, 1.54) is 12.1 Å². The molecular formula is C25H29ClN7O4PS. The first-order chi connectivity index (χ1) is 18.7. The second-order valence-electron chi connectivity index (χ2n) is 8.72. The highest BCUT2D eigenvalue weighted by Crippen LogP contribution is 2.18. The lowest BCUT2D eigenvalue weighted by atomic mass is 10.2. The number of alkyl carbamates (subject to hydrolysis) is 1. The number of nitrogens with two attached hydrogens (primary N) is 1. The van der Waals surface area contributed by atoms with Gasteiger partial charge in [-0.25, -0.2) is 22.9 Å². The van der Waals surface area contributed by atoms with Gasteiger partial charge in [-0.3, -0.25) is 0 Å². The average Bonchev–Trinajstić information content (AvgIpc) is 3.31. The Morgan fingerprint density at radius 3 is 2.51 bits per heavy atom. The first-order valence-corrected chi connectivity index (χ1v) is 14.6. The van der Waals surface area contributed by atoms with Crippen molar-refractivity contribution in [2.45, 2.75) is 37.2 Å². The van der Waals surface area contributed by atoms with Crippen molar-refractivity contribution in [2.75, 3.05) is 18.9 Å². The highest BCUT2D eigenvalue weighted by Gasteiger charge is 2.14. The molecule has 0 saturated heterocycles. The Labute approximate surface area is 233 Å². The second-order valence-corrected chi connectivity index (χ2v) is 11.5. The van der Waals surface area contributed by atoms with E-state index in [0.717, 1.165) is 16.4 Å². The van der Waals surface area contributed by atoms with Gasteiger partial charge >= 0.3 is 6.09 Å². The number of nitrogen functional groups attached to an aromatic ring is 1. The zero-order valence-electron chi connectivity index (χ0n) is 21.0. The van der Waals surface area contributed by atoms with Crippen molar-refractivity contribution in [3.05, 3.63) is 71.3 Å². The number of nitrogens with one attached hydrogen (secondary N) is 2. The van der Waals surface area contributed by atoms with Crippen molar-refractivity contribution in [1.29, 1.82) is 0 Å². The van der Waals surface area contributed by atoms with Crippen LogP contribution in [0.15, 0.2) is 59.8 Å². The summed E-state index contributed by atoms with van der Waals surface area (Å²) in [6.45, 7) is 1.34. The van der Waals surface area contributed by atoms with Crippen LogP contribution in [-0.4, -0.2) is 47.2 Å². The van der Waals surface area contributed by atoms with Crippen LogP contribution in [0.4, 0.5) is 10.6 Å². The minimum atomic E-state index is -3.63. The molecule has 0 fully saturated rings. The Kier molecular flexibility index (Phi) is 9.68. The number of fused-ring (bicyclic) bond motifs is 1. The SMILES string of the molecule is Nc1nc(Cl)nc2c1ncn2CCCCOC(=O)NCc1ccc(S(=O)(=O)NCCc2ccc(P)cc2)cc1. The molecule has 1 amide bonds. The molecule has 4 N–H and O–H groups in total. The quantitative estimate of drug-likeness (QED) is 0.129. The van der Waals surface area contributed by atoms with Crippen molar-refractivity contribution >= 4 is 59.2 Å². The number of benzene rings is 2. The molecule has 14 heteroatoms. The maximum absolute atomic E-state index is 12.6. The predicted octanol–water partition coefficient (Wildman–Crippen LogP) is 2.79. The number of unbranched alkanes of at least 4 members (excludes halogenated alkanes) is 1. The molecule has 0 bridgehead atoms. The summed E-state index contributed by atoms with van der Waals surface area (Å²) in [7, 11) is -1.01. The second kappa shape index (κ2) is 13.2. The Balaban J connectivity index is 1.14. The third-order valence-electron chi connectivity index (χ3n) is 5.85. The van der Waals surface area contributed by atoms with Gasteiger partial charge in [0.05, 0.1) is 17.8 Å². The van der Waals surface area contributed by atoms with Gasteiger partial charge in [0.25, 0.3) is 0 Å². The molecule has 4 rings (SSSR count). The molecule has 2 heterocycles. The normalized spacial score (nSPS) is 11.5. The number of imidazole rings is 1. The molecule has 0 aliphatic heterocycles. The first kappa shape index (κ1) is 28.7. The van der Waals surface area contributed by atoms with Gasteiger partial charge in [-0.2, -0.15) is 9.97 Å². The van der Waals surface area contributed by atoms with E-state index in [2.05, 4.69) is 34.2 Å². The predicted molar refractivity (Wildman–Crippen MR) is 153 cm³/mol. The molecule has 0 aliphatic carbocycles. The molecule has 39 heavy (non-hydrogen) atoms. The highest BCUT2D eigenvalue weighted by molar-refractivity contribution is 7.89. The number of anilines is 1. The fraction of sp³-hybridized carbons (Fsp3) is 0.280. The van der Waals surface area contributed by atoms with Crippen LogP contribution in [0.2, 0.25) is 5.28 Å². The zero-order valence-corrected chi connectivity index (χ0v) is 23.7. The summed E-state index contributed by atoms with van der Waals surface area (Å²) in [5, 5.41) is 3.80. The van der Waals surface area contributed by atoms with Crippen molar-refractivity contribution in [3.8, 4) is 0 Å². The number of amides is 1. The third-order valence-corrected chi connectivity index (χ3v) is 7.88. The highest BCUT2D eigenvalue weighted by atomic mass is 35.5. The van der Waals surface area contributed by atoms with Crippen LogP contribution in [0.5, 0.6) is 0 Å². The number of aromatic nitrogens is 4. The van der Waals surface area contributed by atoms with E-state index < -0.39 is 16.1 Å². The van der Waals surface area contributed by atoms with Crippen LogP contribution in [0.25, 0.3) is 11.2 Å². The summed E-state index contributed by atoms with van der Waals surface area (Å²) in [6.07, 6.45) is 3.01. The number of nitrogens with zero attached hydrogens (tertiary/aromatic N) is 4. The number of carbonyl (C=O) groups is 1. The molecule has 0 saturated carbocycles. The number of carbonyl (C=O) groups excluding carboxylic acids is 1. The van der Waals surface area contributed by atoms with Crippen LogP contribution < -0.4 is 21.1 Å². The number of ether oxygens (including phenoxy) is 1. The van der Waals surface area contributed by atoms with Crippen LogP contribution in [0.1, 0.15) is 24.0 Å². The maximum Gasteiger partial charge on any atom is 0.407 e. The van der Waals surface area contributed by atoms with E-state index in [1.54, 1.807) is 18.5 Å². The molecule has 1 atom stereocenters. The molecule has 2 aromatic heterocycles. The third kappa shape index (κ3) is 8.09.